The Hall–Kier alpha value is -2.62. The number of hydrogen-bond acceptors (Lipinski definition) is 4. The molecule has 0 aliphatic heterocycles. The molecule has 172 valence electrons. The lowest BCUT2D eigenvalue weighted by Gasteiger charge is -2.17. The van der Waals surface area contributed by atoms with E-state index in [1.165, 1.54) is 11.1 Å². The molecule has 3 rings (SSSR count). The van der Waals surface area contributed by atoms with E-state index in [-0.39, 0.29) is 24.0 Å². The minimum Gasteiger partial charge on any atom is -0.497 e. The summed E-state index contributed by atoms with van der Waals surface area (Å²) in [5, 5.41) is 15.2. The van der Waals surface area contributed by atoms with Gasteiger partial charge in [-0.1, -0.05) is 48.9 Å². The fourth-order valence-corrected chi connectivity index (χ4v) is 3.11. The third-order valence-electron chi connectivity index (χ3n) is 5.40. The van der Waals surface area contributed by atoms with Crippen LogP contribution in [0.4, 0.5) is 0 Å². The van der Waals surface area contributed by atoms with Crippen molar-refractivity contribution in [2.24, 2.45) is 12.0 Å². The topological polar surface area (TPSA) is 76.4 Å². The average Bonchev–Trinajstić information content (AvgIpc) is 3.11. The van der Waals surface area contributed by atoms with Crippen molar-refractivity contribution >= 4 is 29.9 Å². The van der Waals surface area contributed by atoms with E-state index in [0.717, 1.165) is 35.5 Å². The SMILES string of the molecule is COc1ccc(CN=C(NCc2nnc(C)n2C)NCC(C)c2ccc(C)cc2)cc1.I. The minimum absolute atomic E-state index is 0. The molecule has 1 unspecified atom stereocenters. The monoisotopic (exact) mass is 548 g/mol. The maximum Gasteiger partial charge on any atom is 0.191 e. The van der Waals surface area contributed by atoms with Gasteiger partial charge in [0.15, 0.2) is 11.8 Å². The zero-order valence-electron chi connectivity index (χ0n) is 19.4. The molecule has 0 fully saturated rings. The molecule has 7 nitrogen and oxygen atoms in total. The number of guanidine groups is 1. The third-order valence-corrected chi connectivity index (χ3v) is 5.40. The highest BCUT2D eigenvalue weighted by molar-refractivity contribution is 14.0. The largest absolute Gasteiger partial charge is 0.497 e. The molecule has 3 aromatic rings. The van der Waals surface area contributed by atoms with Gasteiger partial charge in [0.25, 0.3) is 0 Å². The van der Waals surface area contributed by atoms with E-state index in [1.807, 2.05) is 42.8 Å². The smallest absolute Gasteiger partial charge is 0.191 e. The second-order valence-electron chi connectivity index (χ2n) is 7.78. The Morgan fingerprint density at radius 2 is 1.72 bits per heavy atom. The Morgan fingerprint density at radius 3 is 2.31 bits per heavy atom. The Labute approximate surface area is 207 Å². The van der Waals surface area contributed by atoms with Gasteiger partial charge in [-0.25, -0.2) is 4.99 Å². The van der Waals surface area contributed by atoms with E-state index in [1.54, 1.807) is 7.11 Å². The Bertz CT molecular complexity index is 998. The lowest BCUT2D eigenvalue weighted by atomic mass is 10.0. The Balaban J connectivity index is 0.00000363. The number of aryl methyl sites for hydroxylation is 2. The predicted molar refractivity (Wildman–Crippen MR) is 140 cm³/mol. The summed E-state index contributed by atoms with van der Waals surface area (Å²) in [6.45, 7) is 8.15. The second kappa shape index (κ2) is 12.4. The van der Waals surface area contributed by atoms with Gasteiger partial charge in [0, 0.05) is 13.6 Å². The molecule has 0 saturated heterocycles. The highest BCUT2D eigenvalue weighted by Crippen LogP contribution is 2.15. The summed E-state index contributed by atoms with van der Waals surface area (Å²) < 4.78 is 7.21. The summed E-state index contributed by atoms with van der Waals surface area (Å²) in [7, 11) is 3.63. The number of aromatic nitrogens is 3. The van der Waals surface area contributed by atoms with E-state index < -0.39 is 0 Å². The van der Waals surface area contributed by atoms with Crippen LogP contribution in [0, 0.1) is 13.8 Å². The molecule has 0 radical (unpaired) electrons. The molecule has 0 bridgehead atoms. The molecule has 2 aromatic carbocycles. The van der Waals surface area contributed by atoms with Crippen LogP contribution in [-0.4, -0.2) is 34.4 Å². The van der Waals surface area contributed by atoms with Crippen LogP contribution in [0.3, 0.4) is 0 Å². The minimum atomic E-state index is 0. The molecule has 32 heavy (non-hydrogen) atoms. The first kappa shape index (κ1) is 25.6. The average molecular weight is 548 g/mol. The normalized spacial score (nSPS) is 12.1. The summed E-state index contributed by atoms with van der Waals surface area (Å²) in [5.41, 5.74) is 3.69. The van der Waals surface area contributed by atoms with Crippen LogP contribution in [0.2, 0.25) is 0 Å². The quantitative estimate of drug-likeness (QED) is 0.252. The van der Waals surface area contributed by atoms with Crippen molar-refractivity contribution < 1.29 is 4.74 Å². The number of benzene rings is 2. The zero-order valence-corrected chi connectivity index (χ0v) is 21.8. The molecular formula is C24H33IN6O. The van der Waals surface area contributed by atoms with Crippen molar-refractivity contribution in [1.29, 1.82) is 0 Å². The van der Waals surface area contributed by atoms with Crippen molar-refractivity contribution in [3.63, 3.8) is 0 Å². The van der Waals surface area contributed by atoms with Gasteiger partial charge < -0.3 is 19.9 Å². The van der Waals surface area contributed by atoms with Crippen molar-refractivity contribution in [2.75, 3.05) is 13.7 Å². The Morgan fingerprint density at radius 1 is 1.03 bits per heavy atom. The molecule has 0 aliphatic rings. The van der Waals surface area contributed by atoms with Gasteiger partial charge in [0.05, 0.1) is 20.2 Å². The van der Waals surface area contributed by atoms with Crippen LogP contribution in [0.5, 0.6) is 5.75 Å². The van der Waals surface area contributed by atoms with Gasteiger partial charge in [-0.2, -0.15) is 0 Å². The number of aliphatic imine (C=N–C) groups is 1. The molecule has 0 aliphatic carbocycles. The van der Waals surface area contributed by atoms with Crippen LogP contribution in [0.1, 0.15) is 41.2 Å². The van der Waals surface area contributed by atoms with E-state index in [2.05, 4.69) is 58.9 Å². The van der Waals surface area contributed by atoms with E-state index in [0.29, 0.717) is 19.0 Å². The summed E-state index contributed by atoms with van der Waals surface area (Å²) >= 11 is 0. The molecule has 1 atom stereocenters. The summed E-state index contributed by atoms with van der Waals surface area (Å²) in [4.78, 5) is 4.78. The predicted octanol–water partition coefficient (Wildman–Crippen LogP) is 4.10. The highest BCUT2D eigenvalue weighted by atomic mass is 127. The summed E-state index contributed by atoms with van der Waals surface area (Å²) in [6, 6.07) is 16.6. The van der Waals surface area contributed by atoms with Crippen molar-refractivity contribution in [3.05, 3.63) is 76.9 Å². The number of rotatable bonds is 8. The van der Waals surface area contributed by atoms with Crippen LogP contribution in [0.25, 0.3) is 0 Å². The fraction of sp³-hybridized carbons (Fsp3) is 0.375. The Kier molecular flexibility index (Phi) is 9.96. The number of methoxy groups -OCH3 is 1. The molecule has 1 heterocycles. The molecule has 8 heteroatoms. The number of nitrogens with zero attached hydrogens (tertiary/aromatic N) is 4. The molecule has 1 aromatic heterocycles. The van der Waals surface area contributed by atoms with Gasteiger partial charge in [-0.15, -0.1) is 34.2 Å². The molecule has 0 saturated carbocycles. The molecule has 0 spiro atoms. The lowest BCUT2D eigenvalue weighted by molar-refractivity contribution is 0.414. The number of hydrogen-bond donors (Lipinski definition) is 2. The summed E-state index contributed by atoms with van der Waals surface area (Å²) in [6.07, 6.45) is 0. The highest BCUT2D eigenvalue weighted by Gasteiger charge is 2.09. The van der Waals surface area contributed by atoms with Crippen LogP contribution < -0.4 is 15.4 Å². The summed E-state index contributed by atoms with van der Waals surface area (Å²) in [5.74, 6) is 3.69. The van der Waals surface area contributed by atoms with E-state index >= 15 is 0 Å². The van der Waals surface area contributed by atoms with E-state index in [4.69, 9.17) is 9.73 Å². The maximum atomic E-state index is 5.23. The van der Waals surface area contributed by atoms with Crippen molar-refractivity contribution in [2.45, 2.75) is 39.8 Å². The first-order valence-electron chi connectivity index (χ1n) is 10.5. The first-order valence-corrected chi connectivity index (χ1v) is 10.5. The van der Waals surface area contributed by atoms with Crippen molar-refractivity contribution in [1.82, 2.24) is 25.4 Å². The zero-order chi connectivity index (χ0) is 22.2. The van der Waals surface area contributed by atoms with Crippen LogP contribution in [-0.2, 0) is 20.1 Å². The van der Waals surface area contributed by atoms with Gasteiger partial charge in [-0.05, 0) is 43.0 Å². The van der Waals surface area contributed by atoms with Gasteiger partial charge >= 0.3 is 0 Å². The van der Waals surface area contributed by atoms with Gasteiger partial charge in [-0.3, -0.25) is 0 Å². The van der Waals surface area contributed by atoms with Crippen LogP contribution >= 0.6 is 24.0 Å². The first-order chi connectivity index (χ1) is 15.0. The van der Waals surface area contributed by atoms with Gasteiger partial charge in [0.2, 0.25) is 0 Å². The standard InChI is InChI=1S/C24H32N6O.HI/c1-17-6-10-21(11-7-17)18(2)14-25-24(27-16-23-29-28-19(3)30(23)4)26-15-20-8-12-22(31-5)13-9-20;/h6-13,18H,14-16H2,1-5H3,(H2,25,26,27);1H. The third kappa shape index (κ3) is 7.22. The van der Waals surface area contributed by atoms with Crippen LogP contribution in [0.15, 0.2) is 53.5 Å². The number of halogens is 1. The molecule has 2 N–H and O–H groups in total. The molecular weight excluding hydrogens is 515 g/mol. The van der Waals surface area contributed by atoms with Crippen molar-refractivity contribution in [3.8, 4) is 5.75 Å². The number of ether oxygens (including phenoxy) is 1. The lowest BCUT2D eigenvalue weighted by Crippen LogP contribution is -2.39. The maximum absolute atomic E-state index is 5.23. The van der Waals surface area contributed by atoms with E-state index in [9.17, 15) is 0 Å². The molecule has 0 amide bonds. The fourth-order valence-electron chi connectivity index (χ4n) is 3.11. The second-order valence-corrected chi connectivity index (χ2v) is 7.78. The number of nitrogens with one attached hydrogen (secondary N) is 2. The van der Waals surface area contributed by atoms with Gasteiger partial charge in [0.1, 0.15) is 11.6 Å².